The highest BCUT2D eigenvalue weighted by Crippen LogP contribution is 2.29. The number of fused-ring (bicyclic) bond motifs is 1. The van der Waals surface area contributed by atoms with Crippen LogP contribution in [-0.4, -0.2) is 57.5 Å². The summed E-state index contributed by atoms with van der Waals surface area (Å²) in [5, 5.41) is 12.7. The van der Waals surface area contributed by atoms with Crippen molar-refractivity contribution in [3.05, 3.63) is 41.2 Å². The standard InChI is InChI=1S/C21H25ClN4O4/c1-3-25(2)20(28)14-5-4-6-17(10-14)26(21(29)30)24-19(27)18-11-13-7-8-16(22)9-15(13)12-23-18/h7-9,11-12,14,17H,3-6,10H2,1-2H3,(H,24,27)(H,29,30)/t14-,17?/m0/s1. The summed E-state index contributed by atoms with van der Waals surface area (Å²) in [6.45, 7) is 2.49. The first-order valence-corrected chi connectivity index (χ1v) is 10.3. The van der Waals surface area contributed by atoms with Crippen LogP contribution in [0.5, 0.6) is 0 Å². The van der Waals surface area contributed by atoms with E-state index in [4.69, 9.17) is 11.6 Å². The molecule has 2 aromatic rings. The molecule has 0 spiro atoms. The summed E-state index contributed by atoms with van der Waals surface area (Å²) in [5.41, 5.74) is 2.56. The zero-order chi connectivity index (χ0) is 21.8. The number of hydrogen-bond donors (Lipinski definition) is 2. The lowest BCUT2D eigenvalue weighted by atomic mass is 9.84. The largest absolute Gasteiger partial charge is 0.464 e. The molecule has 2 N–H and O–H groups in total. The Kier molecular flexibility index (Phi) is 6.77. The average Bonchev–Trinajstić information content (AvgIpc) is 2.75. The first kappa shape index (κ1) is 21.8. The molecule has 2 atom stereocenters. The predicted molar refractivity (Wildman–Crippen MR) is 113 cm³/mol. The van der Waals surface area contributed by atoms with Crippen LogP contribution in [0.3, 0.4) is 0 Å². The lowest BCUT2D eigenvalue weighted by molar-refractivity contribution is -0.135. The van der Waals surface area contributed by atoms with E-state index in [9.17, 15) is 19.5 Å². The molecular formula is C21H25ClN4O4. The second-order valence-electron chi connectivity index (χ2n) is 7.52. The highest BCUT2D eigenvalue weighted by Gasteiger charge is 2.35. The van der Waals surface area contributed by atoms with Gasteiger partial charge in [0.15, 0.2) is 0 Å². The molecule has 0 bridgehead atoms. The molecular weight excluding hydrogens is 408 g/mol. The molecule has 3 amide bonds. The Morgan fingerprint density at radius 3 is 2.70 bits per heavy atom. The number of rotatable bonds is 4. The summed E-state index contributed by atoms with van der Waals surface area (Å²) in [7, 11) is 1.74. The summed E-state index contributed by atoms with van der Waals surface area (Å²) in [4.78, 5) is 42.9. The van der Waals surface area contributed by atoms with Crippen LogP contribution >= 0.6 is 11.6 Å². The van der Waals surface area contributed by atoms with Crippen molar-refractivity contribution in [1.29, 1.82) is 0 Å². The summed E-state index contributed by atoms with van der Waals surface area (Å²) in [6, 6.07) is 6.33. The zero-order valence-electron chi connectivity index (χ0n) is 17.0. The number of halogens is 1. The van der Waals surface area contributed by atoms with Crippen LogP contribution in [0, 0.1) is 5.92 Å². The van der Waals surface area contributed by atoms with Crippen LogP contribution < -0.4 is 5.43 Å². The molecule has 3 rings (SSSR count). The lowest BCUT2D eigenvalue weighted by Crippen LogP contribution is -2.53. The van der Waals surface area contributed by atoms with Gasteiger partial charge in [0.2, 0.25) is 5.91 Å². The molecule has 30 heavy (non-hydrogen) atoms. The number of aromatic nitrogens is 1. The van der Waals surface area contributed by atoms with Gasteiger partial charge in [-0.15, -0.1) is 0 Å². The van der Waals surface area contributed by atoms with E-state index >= 15 is 0 Å². The van der Waals surface area contributed by atoms with E-state index in [0.717, 1.165) is 22.2 Å². The number of carbonyl (C=O) groups excluding carboxylic acids is 2. The summed E-state index contributed by atoms with van der Waals surface area (Å²) in [6.07, 6.45) is 2.65. The van der Waals surface area contributed by atoms with Crippen LogP contribution in [0.15, 0.2) is 30.5 Å². The van der Waals surface area contributed by atoms with Gasteiger partial charge in [-0.05, 0) is 49.8 Å². The van der Waals surface area contributed by atoms with Crippen molar-refractivity contribution in [2.75, 3.05) is 13.6 Å². The molecule has 1 aromatic carbocycles. The molecule has 9 heteroatoms. The molecule has 1 unspecified atom stereocenters. The Bertz CT molecular complexity index is 967. The fourth-order valence-electron chi connectivity index (χ4n) is 3.79. The lowest BCUT2D eigenvalue weighted by Gasteiger charge is -2.36. The third-order valence-corrected chi connectivity index (χ3v) is 5.79. The number of carbonyl (C=O) groups is 3. The second-order valence-corrected chi connectivity index (χ2v) is 7.96. The van der Waals surface area contributed by atoms with Gasteiger partial charge >= 0.3 is 6.09 Å². The van der Waals surface area contributed by atoms with E-state index in [2.05, 4.69) is 10.4 Å². The van der Waals surface area contributed by atoms with Crippen LogP contribution in [-0.2, 0) is 4.79 Å². The van der Waals surface area contributed by atoms with Gasteiger partial charge in [-0.1, -0.05) is 24.1 Å². The van der Waals surface area contributed by atoms with Gasteiger partial charge in [-0.25, -0.2) is 9.80 Å². The van der Waals surface area contributed by atoms with E-state index in [1.54, 1.807) is 36.2 Å². The highest BCUT2D eigenvalue weighted by molar-refractivity contribution is 6.31. The molecule has 1 saturated carbocycles. The van der Waals surface area contributed by atoms with E-state index in [-0.39, 0.29) is 17.5 Å². The van der Waals surface area contributed by atoms with E-state index in [0.29, 0.717) is 30.8 Å². The average molecular weight is 433 g/mol. The molecule has 1 aliphatic carbocycles. The number of nitrogens with one attached hydrogen (secondary N) is 1. The Balaban J connectivity index is 1.75. The fraction of sp³-hybridized carbons (Fsp3) is 0.429. The molecule has 1 aromatic heterocycles. The van der Waals surface area contributed by atoms with Gasteiger partial charge < -0.3 is 10.0 Å². The monoisotopic (exact) mass is 432 g/mol. The van der Waals surface area contributed by atoms with E-state index in [1.807, 2.05) is 6.92 Å². The zero-order valence-corrected chi connectivity index (χ0v) is 17.7. The molecule has 1 fully saturated rings. The molecule has 0 radical (unpaired) electrons. The van der Waals surface area contributed by atoms with Gasteiger partial charge in [0.1, 0.15) is 5.69 Å². The van der Waals surface area contributed by atoms with Crippen molar-refractivity contribution in [3.63, 3.8) is 0 Å². The number of amides is 3. The summed E-state index contributed by atoms with van der Waals surface area (Å²) in [5.74, 6) is -0.863. The van der Waals surface area contributed by atoms with Gasteiger partial charge in [-0.2, -0.15) is 0 Å². The Morgan fingerprint density at radius 1 is 1.23 bits per heavy atom. The first-order chi connectivity index (χ1) is 14.3. The fourth-order valence-corrected chi connectivity index (χ4v) is 3.97. The molecule has 1 heterocycles. The Morgan fingerprint density at radius 2 is 2.00 bits per heavy atom. The van der Waals surface area contributed by atoms with Crippen molar-refractivity contribution in [3.8, 4) is 0 Å². The van der Waals surface area contributed by atoms with E-state index < -0.39 is 18.0 Å². The minimum atomic E-state index is -1.27. The number of nitrogens with zero attached hydrogens (tertiary/aromatic N) is 3. The third kappa shape index (κ3) is 4.81. The maximum absolute atomic E-state index is 12.7. The molecule has 0 saturated heterocycles. The maximum Gasteiger partial charge on any atom is 0.426 e. The van der Waals surface area contributed by atoms with Crippen LogP contribution in [0.4, 0.5) is 4.79 Å². The molecule has 1 aliphatic rings. The smallest absolute Gasteiger partial charge is 0.426 e. The van der Waals surface area contributed by atoms with Crippen LogP contribution in [0.2, 0.25) is 5.02 Å². The van der Waals surface area contributed by atoms with Gasteiger partial charge in [0, 0.05) is 36.1 Å². The Labute approximate surface area is 179 Å². The topological polar surface area (TPSA) is 103 Å². The van der Waals surface area contributed by atoms with Crippen molar-refractivity contribution in [2.45, 2.75) is 38.6 Å². The SMILES string of the molecule is CCN(C)C(=O)[C@H]1CCCC(N(NC(=O)c2cc3ccc(Cl)cc3cn2)C(=O)O)C1. The van der Waals surface area contributed by atoms with Crippen molar-refractivity contribution in [1.82, 2.24) is 20.3 Å². The second kappa shape index (κ2) is 9.30. The molecule has 0 aliphatic heterocycles. The number of carboxylic acid groups (broad SMARTS) is 1. The van der Waals surface area contributed by atoms with Gasteiger partial charge in [-0.3, -0.25) is 20.0 Å². The minimum absolute atomic E-state index is 0.00808. The minimum Gasteiger partial charge on any atom is -0.464 e. The molecule has 160 valence electrons. The third-order valence-electron chi connectivity index (χ3n) is 5.56. The van der Waals surface area contributed by atoms with Gasteiger partial charge in [0.05, 0.1) is 6.04 Å². The normalized spacial score (nSPS) is 18.6. The summed E-state index contributed by atoms with van der Waals surface area (Å²) < 4.78 is 0. The van der Waals surface area contributed by atoms with Crippen molar-refractivity contribution < 1.29 is 19.5 Å². The number of hydrogen-bond acceptors (Lipinski definition) is 4. The van der Waals surface area contributed by atoms with Crippen molar-refractivity contribution >= 4 is 40.3 Å². The van der Waals surface area contributed by atoms with Crippen LogP contribution in [0.25, 0.3) is 10.8 Å². The molecule has 8 nitrogen and oxygen atoms in total. The maximum atomic E-state index is 12.7. The summed E-state index contributed by atoms with van der Waals surface area (Å²) >= 11 is 5.97. The van der Waals surface area contributed by atoms with Crippen molar-refractivity contribution in [2.24, 2.45) is 5.92 Å². The van der Waals surface area contributed by atoms with Gasteiger partial charge in [0.25, 0.3) is 5.91 Å². The first-order valence-electron chi connectivity index (χ1n) is 9.93. The quantitative estimate of drug-likeness (QED) is 0.719. The number of benzene rings is 1. The highest BCUT2D eigenvalue weighted by atomic mass is 35.5. The number of pyridine rings is 1. The number of hydrazine groups is 1. The Hall–Kier alpha value is -2.87. The predicted octanol–water partition coefficient (Wildman–Crippen LogP) is 3.55. The van der Waals surface area contributed by atoms with Crippen LogP contribution in [0.1, 0.15) is 43.1 Å². The van der Waals surface area contributed by atoms with E-state index in [1.165, 1.54) is 6.20 Å².